The van der Waals surface area contributed by atoms with E-state index >= 15 is 0 Å². The highest BCUT2D eigenvalue weighted by Crippen LogP contribution is 2.22. The van der Waals surface area contributed by atoms with Gasteiger partial charge < -0.3 is 15.7 Å². The fraction of sp³-hybridized carbons (Fsp3) is 0.333. The van der Waals surface area contributed by atoms with Gasteiger partial charge in [-0.05, 0) is 24.1 Å². The molecular formula is C12H14Cl2N2O3. The molecule has 19 heavy (non-hydrogen) atoms. The molecule has 1 aromatic carbocycles. The minimum absolute atomic E-state index is 0.0637. The second-order valence-electron chi connectivity index (χ2n) is 4.11. The molecule has 5 nitrogen and oxygen atoms in total. The van der Waals surface area contributed by atoms with Gasteiger partial charge in [-0.15, -0.1) is 0 Å². The minimum Gasteiger partial charge on any atom is -0.396 e. The van der Waals surface area contributed by atoms with Crippen LogP contribution in [0.1, 0.15) is 6.92 Å². The van der Waals surface area contributed by atoms with E-state index in [9.17, 15) is 9.59 Å². The molecule has 7 heteroatoms. The molecule has 2 amide bonds. The largest absolute Gasteiger partial charge is 0.396 e. The first-order valence-electron chi connectivity index (χ1n) is 5.58. The quantitative estimate of drug-likeness (QED) is 0.741. The van der Waals surface area contributed by atoms with Crippen LogP contribution in [0.2, 0.25) is 10.0 Å². The lowest BCUT2D eigenvalue weighted by atomic mass is 10.2. The third-order valence-electron chi connectivity index (χ3n) is 2.25. The number of anilines is 1. The molecule has 0 bridgehead atoms. The molecule has 1 rings (SSSR count). The maximum absolute atomic E-state index is 11.6. The highest BCUT2D eigenvalue weighted by Gasteiger charge is 2.14. The summed E-state index contributed by atoms with van der Waals surface area (Å²) in [5.74, 6) is -1.71. The van der Waals surface area contributed by atoms with Crippen molar-refractivity contribution in [2.45, 2.75) is 6.92 Å². The van der Waals surface area contributed by atoms with Gasteiger partial charge in [0.25, 0.3) is 0 Å². The lowest BCUT2D eigenvalue weighted by Crippen LogP contribution is -2.38. The standard InChI is InChI=1S/C12H14Cl2N2O3/c1-7(6-17)5-15-11(18)12(19)16-10-3-8(13)2-9(14)4-10/h2-4,7,17H,5-6H2,1H3,(H,15,18)(H,16,19). The molecule has 1 aromatic rings. The zero-order valence-corrected chi connectivity index (χ0v) is 11.8. The number of amides is 2. The van der Waals surface area contributed by atoms with E-state index in [0.717, 1.165) is 0 Å². The second-order valence-corrected chi connectivity index (χ2v) is 4.98. The fourth-order valence-corrected chi connectivity index (χ4v) is 1.75. The normalized spacial score (nSPS) is 11.8. The monoisotopic (exact) mass is 304 g/mol. The summed E-state index contributed by atoms with van der Waals surface area (Å²) in [6, 6.07) is 4.48. The number of hydrogen-bond acceptors (Lipinski definition) is 3. The SMILES string of the molecule is CC(CO)CNC(=O)C(=O)Nc1cc(Cl)cc(Cl)c1. The maximum atomic E-state index is 11.6. The minimum atomic E-state index is -0.816. The Morgan fingerprint density at radius 2 is 1.79 bits per heavy atom. The van der Waals surface area contributed by atoms with Crippen molar-refractivity contribution in [3.63, 3.8) is 0 Å². The van der Waals surface area contributed by atoms with Crippen LogP contribution in [0, 0.1) is 5.92 Å². The molecule has 0 heterocycles. The predicted molar refractivity (Wildman–Crippen MR) is 74.4 cm³/mol. The van der Waals surface area contributed by atoms with Crippen molar-refractivity contribution in [3.05, 3.63) is 28.2 Å². The summed E-state index contributed by atoms with van der Waals surface area (Å²) < 4.78 is 0. The molecule has 104 valence electrons. The first-order chi connectivity index (χ1) is 8.92. The van der Waals surface area contributed by atoms with Crippen molar-refractivity contribution in [3.8, 4) is 0 Å². The third-order valence-corrected chi connectivity index (χ3v) is 2.69. The Balaban J connectivity index is 2.56. The second kappa shape index (κ2) is 7.33. The molecule has 0 aliphatic heterocycles. The van der Waals surface area contributed by atoms with Gasteiger partial charge in [0.2, 0.25) is 0 Å². The number of carbonyl (C=O) groups excluding carboxylic acids is 2. The van der Waals surface area contributed by atoms with Crippen molar-refractivity contribution in [2.75, 3.05) is 18.5 Å². The van der Waals surface area contributed by atoms with Crippen molar-refractivity contribution >= 4 is 40.7 Å². The molecular weight excluding hydrogens is 291 g/mol. The number of halogens is 2. The molecule has 0 radical (unpaired) electrons. The van der Waals surface area contributed by atoms with Gasteiger partial charge in [-0.25, -0.2) is 0 Å². The Morgan fingerprint density at radius 3 is 2.32 bits per heavy atom. The van der Waals surface area contributed by atoms with Gasteiger partial charge in [0, 0.05) is 28.9 Å². The first kappa shape index (κ1) is 15.8. The van der Waals surface area contributed by atoms with Gasteiger partial charge in [0.1, 0.15) is 0 Å². The van der Waals surface area contributed by atoms with Crippen LogP contribution >= 0.6 is 23.2 Å². The Kier molecular flexibility index (Phi) is 6.08. The Labute approximate surface area is 120 Å². The zero-order valence-electron chi connectivity index (χ0n) is 10.2. The van der Waals surface area contributed by atoms with Crippen LogP contribution in [0.5, 0.6) is 0 Å². The molecule has 0 aromatic heterocycles. The van der Waals surface area contributed by atoms with Crippen LogP contribution in [-0.2, 0) is 9.59 Å². The summed E-state index contributed by atoms with van der Waals surface area (Å²) in [5, 5.41) is 14.3. The van der Waals surface area contributed by atoms with Crippen LogP contribution in [-0.4, -0.2) is 30.1 Å². The van der Waals surface area contributed by atoms with E-state index in [-0.39, 0.29) is 19.1 Å². The van der Waals surface area contributed by atoms with Gasteiger partial charge in [-0.1, -0.05) is 30.1 Å². The third kappa shape index (κ3) is 5.46. The van der Waals surface area contributed by atoms with E-state index in [4.69, 9.17) is 28.3 Å². The van der Waals surface area contributed by atoms with Gasteiger partial charge in [-0.2, -0.15) is 0 Å². The lowest BCUT2D eigenvalue weighted by Gasteiger charge is -2.10. The summed E-state index contributed by atoms with van der Waals surface area (Å²) in [6.07, 6.45) is 0. The van der Waals surface area contributed by atoms with Gasteiger partial charge in [-0.3, -0.25) is 9.59 Å². The molecule has 0 saturated heterocycles. The number of nitrogens with one attached hydrogen (secondary N) is 2. The van der Waals surface area contributed by atoms with Gasteiger partial charge >= 0.3 is 11.8 Å². The van der Waals surface area contributed by atoms with E-state index < -0.39 is 11.8 Å². The van der Waals surface area contributed by atoms with Crippen LogP contribution in [0.4, 0.5) is 5.69 Å². The van der Waals surface area contributed by atoms with Crippen LogP contribution in [0.25, 0.3) is 0 Å². The average Bonchev–Trinajstić information content (AvgIpc) is 2.33. The number of benzene rings is 1. The number of hydrogen-bond donors (Lipinski definition) is 3. The maximum Gasteiger partial charge on any atom is 0.313 e. The van der Waals surface area contributed by atoms with E-state index in [1.165, 1.54) is 18.2 Å². The summed E-state index contributed by atoms with van der Waals surface area (Å²) in [5.41, 5.74) is 0.341. The Morgan fingerprint density at radius 1 is 1.21 bits per heavy atom. The molecule has 1 unspecified atom stereocenters. The predicted octanol–water partition coefficient (Wildman–Crippen LogP) is 1.68. The molecule has 0 aliphatic rings. The molecule has 0 aliphatic carbocycles. The average molecular weight is 305 g/mol. The van der Waals surface area contributed by atoms with Crippen molar-refractivity contribution in [1.82, 2.24) is 5.32 Å². The van der Waals surface area contributed by atoms with Gasteiger partial charge in [0.05, 0.1) is 0 Å². The molecule has 0 spiro atoms. The van der Waals surface area contributed by atoms with E-state index in [0.29, 0.717) is 15.7 Å². The summed E-state index contributed by atoms with van der Waals surface area (Å²) in [7, 11) is 0. The van der Waals surface area contributed by atoms with E-state index in [1.54, 1.807) is 6.92 Å². The van der Waals surface area contributed by atoms with E-state index in [1.807, 2.05) is 0 Å². The molecule has 1 atom stereocenters. The highest BCUT2D eigenvalue weighted by molar-refractivity contribution is 6.40. The van der Waals surface area contributed by atoms with Crippen molar-refractivity contribution in [2.24, 2.45) is 5.92 Å². The lowest BCUT2D eigenvalue weighted by molar-refractivity contribution is -0.136. The summed E-state index contributed by atoms with van der Waals surface area (Å²) in [6.45, 7) is 1.90. The molecule has 0 fully saturated rings. The highest BCUT2D eigenvalue weighted by atomic mass is 35.5. The number of aliphatic hydroxyl groups excluding tert-OH is 1. The topological polar surface area (TPSA) is 78.4 Å². The first-order valence-corrected chi connectivity index (χ1v) is 6.34. The van der Waals surface area contributed by atoms with Crippen LogP contribution in [0.3, 0.4) is 0 Å². The molecule has 0 saturated carbocycles. The van der Waals surface area contributed by atoms with Crippen LogP contribution < -0.4 is 10.6 Å². The number of aliphatic hydroxyl groups is 1. The Bertz CT molecular complexity index is 460. The number of carbonyl (C=O) groups is 2. The van der Waals surface area contributed by atoms with E-state index in [2.05, 4.69) is 10.6 Å². The van der Waals surface area contributed by atoms with Crippen LogP contribution in [0.15, 0.2) is 18.2 Å². The Hall–Kier alpha value is -1.30. The summed E-state index contributed by atoms with van der Waals surface area (Å²) in [4.78, 5) is 23.0. The van der Waals surface area contributed by atoms with Gasteiger partial charge in [0.15, 0.2) is 0 Å². The fourth-order valence-electron chi connectivity index (χ4n) is 1.23. The summed E-state index contributed by atoms with van der Waals surface area (Å²) >= 11 is 11.5. The smallest absolute Gasteiger partial charge is 0.313 e. The number of rotatable bonds is 4. The molecule has 3 N–H and O–H groups in total. The van der Waals surface area contributed by atoms with Crippen molar-refractivity contribution < 1.29 is 14.7 Å². The zero-order chi connectivity index (χ0) is 14.4. The van der Waals surface area contributed by atoms with Crippen molar-refractivity contribution in [1.29, 1.82) is 0 Å².